The van der Waals surface area contributed by atoms with Crippen LogP contribution in [0.25, 0.3) is 0 Å². The molecule has 0 aromatic heterocycles. The highest BCUT2D eigenvalue weighted by molar-refractivity contribution is 6.06. The lowest BCUT2D eigenvalue weighted by molar-refractivity contribution is -0.385. The summed E-state index contributed by atoms with van der Waals surface area (Å²) in [6, 6.07) is 7.12. The number of carbonyl (C=O) groups excluding carboxylic acids is 1. The molecule has 21 heavy (non-hydrogen) atoms. The highest BCUT2D eigenvalue weighted by Crippen LogP contribution is 2.24. The molecule has 0 bridgehead atoms. The van der Waals surface area contributed by atoms with E-state index in [1.165, 1.54) is 18.2 Å². The average molecular weight is 290 g/mol. The number of benzene rings is 2. The van der Waals surface area contributed by atoms with Gasteiger partial charge in [0.15, 0.2) is 0 Å². The Morgan fingerprint density at radius 2 is 2.00 bits per heavy atom. The second-order valence-electron chi connectivity index (χ2n) is 4.37. The van der Waals surface area contributed by atoms with E-state index < -0.39 is 16.6 Å². The lowest BCUT2D eigenvalue weighted by atomic mass is 10.1. The molecule has 0 aliphatic rings. The number of amides is 1. The summed E-state index contributed by atoms with van der Waals surface area (Å²) in [6.07, 6.45) is 0. The third-order valence-electron chi connectivity index (χ3n) is 2.87. The zero-order chi connectivity index (χ0) is 15.6. The molecule has 0 spiro atoms. The van der Waals surface area contributed by atoms with Crippen LogP contribution in [0.1, 0.15) is 15.9 Å². The summed E-state index contributed by atoms with van der Waals surface area (Å²) in [4.78, 5) is 22.2. The number of anilines is 1. The van der Waals surface area contributed by atoms with Crippen molar-refractivity contribution in [2.24, 2.45) is 0 Å². The molecule has 7 heteroatoms. The Kier molecular flexibility index (Phi) is 3.84. The summed E-state index contributed by atoms with van der Waals surface area (Å²) in [5.74, 6) is -1.81. The minimum atomic E-state index is -0.759. The van der Waals surface area contributed by atoms with Crippen molar-refractivity contribution in [3.05, 3.63) is 63.5 Å². The lowest BCUT2D eigenvalue weighted by Crippen LogP contribution is -2.12. The van der Waals surface area contributed by atoms with Crippen LogP contribution < -0.4 is 5.32 Å². The Hall–Kier alpha value is -2.96. The molecule has 2 rings (SSSR count). The lowest BCUT2D eigenvalue weighted by Gasteiger charge is -2.07. The molecular formula is C14H11FN2O4. The standard InChI is InChI=1S/C14H11FN2O4/c1-8-2-4-10(7-12(8)17(20)21)16-14(19)11-6-9(15)3-5-13(11)18/h2-7,18H,1H3,(H,16,19). The van der Waals surface area contributed by atoms with E-state index >= 15 is 0 Å². The van der Waals surface area contributed by atoms with Crippen LogP contribution >= 0.6 is 0 Å². The molecule has 2 aromatic rings. The number of nitro benzene ring substituents is 1. The second kappa shape index (κ2) is 5.58. The van der Waals surface area contributed by atoms with Crippen LogP contribution in [0.15, 0.2) is 36.4 Å². The number of phenols is 1. The first-order chi connectivity index (χ1) is 9.88. The van der Waals surface area contributed by atoms with Gasteiger partial charge in [0.05, 0.1) is 10.5 Å². The third-order valence-corrected chi connectivity index (χ3v) is 2.87. The van der Waals surface area contributed by atoms with Crippen LogP contribution in [0.4, 0.5) is 15.8 Å². The number of nitro groups is 1. The normalized spacial score (nSPS) is 10.2. The number of halogens is 1. The topological polar surface area (TPSA) is 92.5 Å². The Bertz CT molecular complexity index is 731. The van der Waals surface area contributed by atoms with E-state index in [9.17, 15) is 24.4 Å². The fourth-order valence-electron chi connectivity index (χ4n) is 1.77. The Labute approximate surface area is 119 Å². The van der Waals surface area contributed by atoms with Crippen molar-refractivity contribution < 1.29 is 19.2 Å². The van der Waals surface area contributed by atoms with Crippen LogP contribution in [0.2, 0.25) is 0 Å². The van der Waals surface area contributed by atoms with Crippen molar-refractivity contribution >= 4 is 17.3 Å². The van der Waals surface area contributed by atoms with Crippen LogP contribution in [0.3, 0.4) is 0 Å². The molecule has 108 valence electrons. The van der Waals surface area contributed by atoms with Gasteiger partial charge in [-0.05, 0) is 31.2 Å². The van der Waals surface area contributed by atoms with Crippen molar-refractivity contribution in [1.29, 1.82) is 0 Å². The number of rotatable bonds is 3. The van der Waals surface area contributed by atoms with Crippen molar-refractivity contribution in [3.63, 3.8) is 0 Å². The van der Waals surface area contributed by atoms with Crippen LogP contribution in [-0.2, 0) is 0 Å². The number of hydrogen-bond acceptors (Lipinski definition) is 4. The molecular weight excluding hydrogens is 279 g/mol. The molecule has 2 aromatic carbocycles. The summed E-state index contributed by atoms with van der Waals surface area (Å²) < 4.78 is 13.1. The first-order valence-corrected chi connectivity index (χ1v) is 5.93. The molecule has 0 saturated carbocycles. The van der Waals surface area contributed by atoms with Crippen molar-refractivity contribution in [1.82, 2.24) is 0 Å². The van der Waals surface area contributed by atoms with Gasteiger partial charge in [0.25, 0.3) is 11.6 Å². The zero-order valence-corrected chi connectivity index (χ0v) is 11.0. The summed E-state index contributed by atoms with van der Waals surface area (Å²) >= 11 is 0. The maximum absolute atomic E-state index is 13.1. The third kappa shape index (κ3) is 3.14. The SMILES string of the molecule is Cc1ccc(NC(=O)c2cc(F)ccc2O)cc1[N+](=O)[O-]. The number of hydrogen-bond donors (Lipinski definition) is 2. The number of phenolic OH excluding ortho intramolecular Hbond substituents is 1. The number of aryl methyl sites for hydroxylation is 1. The van der Waals surface area contributed by atoms with Gasteiger partial charge in [0.2, 0.25) is 0 Å². The Balaban J connectivity index is 2.29. The molecule has 6 nitrogen and oxygen atoms in total. The number of nitrogens with one attached hydrogen (secondary N) is 1. The van der Waals surface area contributed by atoms with Crippen molar-refractivity contribution in [2.75, 3.05) is 5.32 Å². The highest BCUT2D eigenvalue weighted by atomic mass is 19.1. The first-order valence-electron chi connectivity index (χ1n) is 5.93. The highest BCUT2D eigenvalue weighted by Gasteiger charge is 2.15. The quantitative estimate of drug-likeness (QED) is 0.671. The minimum absolute atomic E-state index is 0.142. The van der Waals surface area contributed by atoms with Crippen molar-refractivity contribution in [2.45, 2.75) is 6.92 Å². The van der Waals surface area contributed by atoms with Gasteiger partial charge >= 0.3 is 0 Å². The predicted octanol–water partition coefficient (Wildman–Crippen LogP) is 3.00. The van der Waals surface area contributed by atoms with E-state index in [-0.39, 0.29) is 22.7 Å². The van der Waals surface area contributed by atoms with E-state index in [0.717, 1.165) is 18.2 Å². The zero-order valence-electron chi connectivity index (χ0n) is 11.0. The molecule has 0 saturated heterocycles. The average Bonchev–Trinajstić information content (AvgIpc) is 2.43. The summed E-state index contributed by atoms with van der Waals surface area (Å²) in [7, 11) is 0. The number of aromatic hydroxyl groups is 1. The smallest absolute Gasteiger partial charge is 0.274 e. The maximum Gasteiger partial charge on any atom is 0.274 e. The van der Waals surface area contributed by atoms with Gasteiger partial charge in [0.1, 0.15) is 11.6 Å². The van der Waals surface area contributed by atoms with Crippen LogP contribution in [0, 0.1) is 22.9 Å². The van der Waals surface area contributed by atoms with Crippen molar-refractivity contribution in [3.8, 4) is 5.75 Å². The molecule has 1 amide bonds. The van der Waals surface area contributed by atoms with Gasteiger partial charge in [-0.2, -0.15) is 0 Å². The molecule has 2 N–H and O–H groups in total. The van der Waals surface area contributed by atoms with Gasteiger partial charge in [-0.3, -0.25) is 14.9 Å². The number of carbonyl (C=O) groups is 1. The molecule has 0 radical (unpaired) electrons. The molecule has 0 aliphatic carbocycles. The van der Waals surface area contributed by atoms with E-state index in [4.69, 9.17) is 0 Å². The van der Waals surface area contributed by atoms with E-state index in [1.54, 1.807) is 6.92 Å². The van der Waals surface area contributed by atoms with Gasteiger partial charge in [-0.1, -0.05) is 6.07 Å². The van der Waals surface area contributed by atoms with Gasteiger partial charge in [0, 0.05) is 17.3 Å². The van der Waals surface area contributed by atoms with Crippen LogP contribution in [0.5, 0.6) is 5.75 Å². The monoisotopic (exact) mass is 290 g/mol. The second-order valence-corrected chi connectivity index (χ2v) is 4.37. The molecule has 0 atom stereocenters. The Morgan fingerprint density at radius 1 is 1.29 bits per heavy atom. The molecule has 0 fully saturated rings. The summed E-state index contributed by atoms with van der Waals surface area (Å²) in [6.45, 7) is 1.57. The molecule has 0 aliphatic heterocycles. The van der Waals surface area contributed by atoms with Gasteiger partial charge in [-0.15, -0.1) is 0 Å². The largest absolute Gasteiger partial charge is 0.507 e. The number of nitrogens with zero attached hydrogens (tertiary/aromatic N) is 1. The molecule has 0 unspecified atom stereocenters. The fraction of sp³-hybridized carbons (Fsp3) is 0.0714. The minimum Gasteiger partial charge on any atom is -0.507 e. The summed E-state index contributed by atoms with van der Waals surface area (Å²) in [5.41, 5.74) is 0.238. The fourth-order valence-corrected chi connectivity index (χ4v) is 1.77. The van der Waals surface area contributed by atoms with Crippen LogP contribution in [-0.4, -0.2) is 15.9 Å². The molecule has 0 heterocycles. The predicted molar refractivity (Wildman–Crippen MR) is 73.9 cm³/mol. The van der Waals surface area contributed by atoms with Gasteiger partial charge < -0.3 is 10.4 Å². The first kappa shape index (κ1) is 14.4. The maximum atomic E-state index is 13.1. The van der Waals surface area contributed by atoms with E-state index in [0.29, 0.717) is 5.56 Å². The van der Waals surface area contributed by atoms with E-state index in [1.807, 2.05) is 0 Å². The van der Waals surface area contributed by atoms with Gasteiger partial charge in [-0.25, -0.2) is 4.39 Å². The van der Waals surface area contributed by atoms with E-state index in [2.05, 4.69) is 5.32 Å². The summed E-state index contributed by atoms with van der Waals surface area (Å²) in [5, 5.41) is 22.7. The Morgan fingerprint density at radius 3 is 2.67 bits per heavy atom.